The quantitative estimate of drug-likeness (QED) is 0.531. The maximum Gasteiger partial charge on any atom is 0.255 e. The van der Waals surface area contributed by atoms with Crippen molar-refractivity contribution in [3.8, 4) is 11.5 Å². The SMILES string of the molecule is CNS(=O)(=O)c1cc(C(=O)Nc2ccccc2OCCc2ccccc2)ccc1OC. The van der Waals surface area contributed by atoms with Gasteiger partial charge in [0.25, 0.3) is 5.91 Å². The lowest BCUT2D eigenvalue weighted by Crippen LogP contribution is -2.20. The molecule has 2 N–H and O–H groups in total. The van der Waals surface area contributed by atoms with E-state index >= 15 is 0 Å². The van der Waals surface area contributed by atoms with E-state index in [2.05, 4.69) is 10.0 Å². The molecule has 162 valence electrons. The maximum atomic E-state index is 12.8. The van der Waals surface area contributed by atoms with Crippen LogP contribution in [0.25, 0.3) is 0 Å². The van der Waals surface area contributed by atoms with E-state index in [4.69, 9.17) is 9.47 Å². The number of carbonyl (C=O) groups is 1. The summed E-state index contributed by atoms with van der Waals surface area (Å²) in [6, 6.07) is 21.3. The van der Waals surface area contributed by atoms with Crippen LogP contribution in [0.4, 0.5) is 5.69 Å². The van der Waals surface area contributed by atoms with Gasteiger partial charge in [0, 0.05) is 12.0 Å². The fourth-order valence-electron chi connectivity index (χ4n) is 2.95. The summed E-state index contributed by atoms with van der Waals surface area (Å²) in [7, 11) is -1.13. The van der Waals surface area contributed by atoms with Gasteiger partial charge in [-0.15, -0.1) is 0 Å². The van der Waals surface area contributed by atoms with Gasteiger partial charge in [-0.1, -0.05) is 42.5 Å². The van der Waals surface area contributed by atoms with E-state index in [1.54, 1.807) is 18.2 Å². The zero-order chi connectivity index (χ0) is 22.3. The first-order chi connectivity index (χ1) is 14.9. The fraction of sp³-hybridized carbons (Fsp3) is 0.174. The summed E-state index contributed by atoms with van der Waals surface area (Å²) in [5, 5.41) is 2.79. The molecule has 0 fully saturated rings. The number of para-hydroxylation sites is 2. The lowest BCUT2D eigenvalue weighted by Gasteiger charge is -2.14. The molecule has 0 saturated heterocycles. The minimum atomic E-state index is -3.80. The number of anilines is 1. The lowest BCUT2D eigenvalue weighted by atomic mass is 10.2. The number of methoxy groups -OCH3 is 1. The van der Waals surface area contributed by atoms with Crippen molar-refractivity contribution < 1.29 is 22.7 Å². The minimum Gasteiger partial charge on any atom is -0.495 e. The van der Waals surface area contributed by atoms with Crippen molar-refractivity contribution >= 4 is 21.6 Å². The molecule has 0 bridgehead atoms. The van der Waals surface area contributed by atoms with Gasteiger partial charge >= 0.3 is 0 Å². The molecule has 0 aromatic heterocycles. The highest BCUT2D eigenvalue weighted by Gasteiger charge is 2.20. The Labute approximate surface area is 182 Å². The van der Waals surface area contributed by atoms with Crippen LogP contribution in [0.1, 0.15) is 15.9 Å². The highest BCUT2D eigenvalue weighted by Crippen LogP contribution is 2.27. The predicted molar refractivity (Wildman–Crippen MR) is 119 cm³/mol. The number of benzene rings is 3. The Balaban J connectivity index is 1.76. The second kappa shape index (κ2) is 10.1. The molecule has 0 aliphatic carbocycles. The van der Waals surface area contributed by atoms with Gasteiger partial charge in [-0.25, -0.2) is 13.1 Å². The number of hydrogen-bond acceptors (Lipinski definition) is 5. The molecule has 0 radical (unpaired) electrons. The van der Waals surface area contributed by atoms with Crippen molar-refractivity contribution in [3.63, 3.8) is 0 Å². The Bertz CT molecular complexity index is 1150. The van der Waals surface area contributed by atoms with E-state index in [1.807, 2.05) is 36.4 Å². The van der Waals surface area contributed by atoms with Crippen molar-refractivity contribution in [2.24, 2.45) is 0 Å². The van der Waals surface area contributed by atoms with Crippen molar-refractivity contribution in [1.82, 2.24) is 4.72 Å². The van der Waals surface area contributed by atoms with Crippen LogP contribution >= 0.6 is 0 Å². The van der Waals surface area contributed by atoms with E-state index in [-0.39, 0.29) is 16.2 Å². The second-order valence-electron chi connectivity index (χ2n) is 6.61. The predicted octanol–water partition coefficient (Wildman–Crippen LogP) is 3.48. The van der Waals surface area contributed by atoms with E-state index < -0.39 is 15.9 Å². The zero-order valence-electron chi connectivity index (χ0n) is 17.3. The first-order valence-electron chi connectivity index (χ1n) is 9.63. The van der Waals surface area contributed by atoms with Crippen LogP contribution in [0.2, 0.25) is 0 Å². The third kappa shape index (κ3) is 5.62. The summed E-state index contributed by atoms with van der Waals surface area (Å²) in [4.78, 5) is 12.7. The smallest absolute Gasteiger partial charge is 0.255 e. The highest BCUT2D eigenvalue weighted by atomic mass is 32.2. The van der Waals surface area contributed by atoms with Crippen LogP contribution in [0, 0.1) is 0 Å². The van der Waals surface area contributed by atoms with Gasteiger partial charge in [0.1, 0.15) is 16.4 Å². The summed E-state index contributed by atoms with van der Waals surface area (Å²) in [6.07, 6.45) is 0.729. The summed E-state index contributed by atoms with van der Waals surface area (Å²) >= 11 is 0. The van der Waals surface area contributed by atoms with Gasteiger partial charge in [-0.2, -0.15) is 0 Å². The molecule has 1 amide bonds. The molecule has 3 rings (SSSR count). The van der Waals surface area contributed by atoms with Crippen LogP contribution in [-0.2, 0) is 16.4 Å². The zero-order valence-corrected chi connectivity index (χ0v) is 18.1. The van der Waals surface area contributed by atoms with E-state index in [1.165, 1.54) is 32.4 Å². The number of ether oxygens (including phenoxy) is 2. The molecular formula is C23H24N2O5S. The Hall–Kier alpha value is -3.36. The Morgan fingerprint density at radius 1 is 0.935 bits per heavy atom. The van der Waals surface area contributed by atoms with Gasteiger partial charge in [0.2, 0.25) is 10.0 Å². The highest BCUT2D eigenvalue weighted by molar-refractivity contribution is 7.89. The third-order valence-electron chi connectivity index (χ3n) is 4.61. The van der Waals surface area contributed by atoms with Crippen LogP contribution in [-0.4, -0.2) is 35.1 Å². The van der Waals surface area contributed by atoms with Gasteiger partial charge < -0.3 is 14.8 Å². The van der Waals surface area contributed by atoms with Gasteiger partial charge in [-0.05, 0) is 42.9 Å². The van der Waals surface area contributed by atoms with Crippen molar-refractivity contribution in [2.75, 3.05) is 26.1 Å². The lowest BCUT2D eigenvalue weighted by molar-refractivity contribution is 0.102. The van der Waals surface area contributed by atoms with Gasteiger partial charge in [0.05, 0.1) is 19.4 Å². The number of sulfonamides is 1. The Morgan fingerprint density at radius 2 is 1.65 bits per heavy atom. The molecule has 0 aliphatic heterocycles. The minimum absolute atomic E-state index is 0.113. The van der Waals surface area contributed by atoms with Crippen molar-refractivity contribution in [2.45, 2.75) is 11.3 Å². The molecule has 0 heterocycles. The van der Waals surface area contributed by atoms with E-state index in [0.717, 1.165) is 12.0 Å². The van der Waals surface area contributed by atoms with E-state index in [9.17, 15) is 13.2 Å². The van der Waals surface area contributed by atoms with Gasteiger partial charge in [0.15, 0.2) is 0 Å². The molecule has 7 nitrogen and oxygen atoms in total. The van der Waals surface area contributed by atoms with E-state index in [0.29, 0.717) is 18.0 Å². The number of hydrogen-bond donors (Lipinski definition) is 2. The molecular weight excluding hydrogens is 416 g/mol. The summed E-state index contributed by atoms with van der Waals surface area (Å²) in [5.41, 5.74) is 1.82. The molecule has 0 spiro atoms. The normalized spacial score (nSPS) is 11.0. The summed E-state index contributed by atoms with van der Waals surface area (Å²) in [6.45, 7) is 0.448. The van der Waals surface area contributed by atoms with Crippen LogP contribution in [0.3, 0.4) is 0 Å². The topological polar surface area (TPSA) is 93.7 Å². The molecule has 0 unspecified atom stereocenters. The number of rotatable bonds is 9. The first kappa shape index (κ1) is 22.3. The molecule has 8 heteroatoms. The van der Waals surface area contributed by atoms with Gasteiger partial charge in [-0.3, -0.25) is 4.79 Å². The van der Waals surface area contributed by atoms with Crippen molar-refractivity contribution in [1.29, 1.82) is 0 Å². The van der Waals surface area contributed by atoms with Crippen LogP contribution < -0.4 is 19.5 Å². The Kier molecular flexibility index (Phi) is 7.28. The molecule has 0 saturated carbocycles. The largest absolute Gasteiger partial charge is 0.495 e. The number of nitrogens with one attached hydrogen (secondary N) is 2. The molecule has 3 aromatic rings. The van der Waals surface area contributed by atoms with Crippen molar-refractivity contribution in [3.05, 3.63) is 83.9 Å². The maximum absolute atomic E-state index is 12.8. The standard InChI is InChI=1S/C23H24N2O5S/c1-24-31(27,28)22-16-18(12-13-21(22)29-2)23(26)25-19-10-6-7-11-20(19)30-15-14-17-8-4-3-5-9-17/h3-13,16,24H,14-15H2,1-2H3,(H,25,26). The van der Waals surface area contributed by atoms with Crippen LogP contribution in [0.5, 0.6) is 11.5 Å². The molecule has 0 atom stereocenters. The monoisotopic (exact) mass is 440 g/mol. The average molecular weight is 441 g/mol. The Morgan fingerprint density at radius 3 is 2.35 bits per heavy atom. The van der Waals surface area contributed by atoms with Crippen LogP contribution in [0.15, 0.2) is 77.7 Å². The molecule has 0 aliphatic rings. The second-order valence-corrected chi connectivity index (χ2v) is 8.46. The summed E-state index contributed by atoms with van der Waals surface area (Å²) in [5.74, 6) is 0.216. The third-order valence-corrected chi connectivity index (χ3v) is 6.05. The number of carbonyl (C=O) groups excluding carboxylic acids is 1. The average Bonchev–Trinajstić information content (AvgIpc) is 2.80. The number of amides is 1. The summed E-state index contributed by atoms with van der Waals surface area (Å²) < 4.78 is 37.7. The fourth-order valence-corrected chi connectivity index (χ4v) is 3.87. The first-order valence-corrected chi connectivity index (χ1v) is 11.1. The molecule has 3 aromatic carbocycles. The molecule has 31 heavy (non-hydrogen) atoms.